The summed E-state index contributed by atoms with van der Waals surface area (Å²) in [4.78, 5) is -0.0215. The van der Waals surface area contributed by atoms with Crippen LogP contribution < -0.4 is 0 Å². The summed E-state index contributed by atoms with van der Waals surface area (Å²) in [6.07, 6.45) is 0. The van der Waals surface area contributed by atoms with Crippen LogP contribution in [0.2, 0.25) is 5.02 Å². The molecule has 0 nitrogen and oxygen atoms in total. The Labute approximate surface area is 120 Å². The minimum atomic E-state index is -0.201. The van der Waals surface area contributed by atoms with E-state index in [1.165, 1.54) is 0 Å². The number of rotatable bonds is 2. The standard InChI is InChI=1S/C15H13BrClF/c1-9-7-11(18)8-10(2)14(9)15(16)12-5-3-4-6-13(12)17/h3-8,15H,1-2H3. The molecule has 0 heterocycles. The van der Waals surface area contributed by atoms with Gasteiger partial charge in [0, 0.05) is 5.02 Å². The molecule has 0 saturated carbocycles. The van der Waals surface area contributed by atoms with Gasteiger partial charge in [-0.05, 0) is 54.3 Å². The van der Waals surface area contributed by atoms with Crippen LogP contribution >= 0.6 is 27.5 Å². The van der Waals surface area contributed by atoms with E-state index >= 15 is 0 Å². The number of alkyl halides is 1. The lowest BCUT2D eigenvalue weighted by Crippen LogP contribution is -2.00. The highest BCUT2D eigenvalue weighted by Crippen LogP contribution is 2.38. The molecule has 0 fully saturated rings. The van der Waals surface area contributed by atoms with Gasteiger partial charge in [-0.25, -0.2) is 4.39 Å². The van der Waals surface area contributed by atoms with Crippen molar-refractivity contribution in [2.24, 2.45) is 0 Å². The van der Waals surface area contributed by atoms with Gasteiger partial charge in [0.1, 0.15) is 5.82 Å². The molecule has 0 amide bonds. The highest BCUT2D eigenvalue weighted by molar-refractivity contribution is 9.09. The maximum absolute atomic E-state index is 13.3. The van der Waals surface area contributed by atoms with Gasteiger partial charge in [0.05, 0.1) is 4.83 Å². The van der Waals surface area contributed by atoms with Crippen molar-refractivity contribution in [3.8, 4) is 0 Å². The van der Waals surface area contributed by atoms with Crippen LogP contribution in [0.1, 0.15) is 27.1 Å². The van der Waals surface area contributed by atoms with Gasteiger partial charge in [0.15, 0.2) is 0 Å². The molecular formula is C15H13BrClF. The predicted octanol–water partition coefficient (Wildman–Crippen LogP) is 5.58. The third-order valence-electron chi connectivity index (χ3n) is 2.99. The first-order valence-corrected chi connectivity index (χ1v) is 6.95. The zero-order valence-corrected chi connectivity index (χ0v) is 12.5. The smallest absolute Gasteiger partial charge is 0.123 e. The lowest BCUT2D eigenvalue weighted by Gasteiger charge is -2.17. The molecule has 2 aromatic carbocycles. The SMILES string of the molecule is Cc1cc(F)cc(C)c1C(Br)c1ccccc1Cl. The second kappa shape index (κ2) is 5.41. The van der Waals surface area contributed by atoms with Crippen molar-refractivity contribution in [1.82, 2.24) is 0 Å². The maximum Gasteiger partial charge on any atom is 0.123 e. The zero-order chi connectivity index (χ0) is 13.3. The van der Waals surface area contributed by atoms with E-state index in [2.05, 4.69) is 15.9 Å². The lowest BCUT2D eigenvalue weighted by atomic mass is 9.96. The van der Waals surface area contributed by atoms with Gasteiger partial charge in [0.25, 0.3) is 0 Å². The summed E-state index contributed by atoms with van der Waals surface area (Å²) in [5.74, 6) is -0.201. The van der Waals surface area contributed by atoms with Crippen molar-refractivity contribution < 1.29 is 4.39 Å². The topological polar surface area (TPSA) is 0 Å². The first-order valence-electron chi connectivity index (χ1n) is 5.66. The molecule has 94 valence electrons. The molecule has 1 unspecified atom stereocenters. The number of hydrogen-bond acceptors (Lipinski definition) is 0. The van der Waals surface area contributed by atoms with E-state index in [9.17, 15) is 4.39 Å². The summed E-state index contributed by atoms with van der Waals surface area (Å²) in [5.41, 5.74) is 3.92. The average Bonchev–Trinajstić information content (AvgIpc) is 2.27. The van der Waals surface area contributed by atoms with Gasteiger partial charge < -0.3 is 0 Å². The van der Waals surface area contributed by atoms with E-state index in [0.29, 0.717) is 5.02 Å². The number of hydrogen-bond donors (Lipinski definition) is 0. The van der Waals surface area contributed by atoms with E-state index < -0.39 is 0 Å². The molecule has 0 aliphatic heterocycles. The van der Waals surface area contributed by atoms with Gasteiger partial charge in [-0.1, -0.05) is 45.7 Å². The Morgan fingerprint density at radius 1 is 1.11 bits per heavy atom. The summed E-state index contributed by atoms with van der Waals surface area (Å²) in [7, 11) is 0. The molecule has 0 saturated heterocycles. The van der Waals surface area contributed by atoms with Gasteiger partial charge in [-0.3, -0.25) is 0 Å². The zero-order valence-electron chi connectivity index (χ0n) is 10.2. The average molecular weight is 328 g/mol. The van der Waals surface area contributed by atoms with Gasteiger partial charge in [-0.15, -0.1) is 0 Å². The van der Waals surface area contributed by atoms with Crippen molar-refractivity contribution in [2.75, 3.05) is 0 Å². The van der Waals surface area contributed by atoms with E-state index in [1.807, 2.05) is 38.1 Å². The first kappa shape index (κ1) is 13.6. The molecule has 0 aliphatic rings. The Morgan fingerprint density at radius 2 is 1.67 bits per heavy atom. The predicted molar refractivity (Wildman–Crippen MR) is 78.1 cm³/mol. The van der Waals surface area contributed by atoms with E-state index in [1.54, 1.807) is 12.1 Å². The number of aryl methyl sites for hydroxylation is 2. The molecular weight excluding hydrogens is 315 g/mol. The monoisotopic (exact) mass is 326 g/mol. The quantitative estimate of drug-likeness (QED) is 0.632. The second-order valence-electron chi connectivity index (χ2n) is 4.34. The molecule has 2 aromatic rings. The van der Waals surface area contributed by atoms with Crippen LogP contribution in [0.4, 0.5) is 4.39 Å². The fourth-order valence-electron chi connectivity index (χ4n) is 2.16. The molecule has 18 heavy (non-hydrogen) atoms. The largest absolute Gasteiger partial charge is 0.207 e. The Balaban J connectivity index is 2.53. The molecule has 0 radical (unpaired) electrons. The normalized spacial score (nSPS) is 12.5. The molecule has 0 aromatic heterocycles. The van der Waals surface area contributed by atoms with Gasteiger partial charge >= 0.3 is 0 Å². The summed E-state index contributed by atoms with van der Waals surface area (Å²) in [6.45, 7) is 3.83. The first-order chi connectivity index (χ1) is 8.50. The van der Waals surface area contributed by atoms with E-state index in [4.69, 9.17) is 11.6 Å². The van der Waals surface area contributed by atoms with Crippen LogP contribution in [-0.2, 0) is 0 Å². The highest BCUT2D eigenvalue weighted by Gasteiger charge is 2.18. The molecule has 0 aliphatic carbocycles. The maximum atomic E-state index is 13.3. The molecule has 0 spiro atoms. The number of halogens is 3. The molecule has 3 heteroatoms. The van der Waals surface area contributed by atoms with Crippen LogP contribution in [0.25, 0.3) is 0 Å². The Hall–Kier alpha value is -0.860. The summed E-state index contributed by atoms with van der Waals surface area (Å²) in [5, 5.41) is 0.711. The minimum Gasteiger partial charge on any atom is -0.207 e. The molecule has 0 N–H and O–H groups in total. The number of benzene rings is 2. The van der Waals surface area contributed by atoms with Crippen LogP contribution in [0.15, 0.2) is 36.4 Å². The van der Waals surface area contributed by atoms with Crippen molar-refractivity contribution in [2.45, 2.75) is 18.7 Å². The third kappa shape index (κ3) is 2.60. The lowest BCUT2D eigenvalue weighted by molar-refractivity contribution is 0.624. The van der Waals surface area contributed by atoms with Gasteiger partial charge in [0.2, 0.25) is 0 Å². The molecule has 1 atom stereocenters. The van der Waals surface area contributed by atoms with Crippen molar-refractivity contribution >= 4 is 27.5 Å². The summed E-state index contributed by atoms with van der Waals surface area (Å²) in [6, 6.07) is 10.8. The van der Waals surface area contributed by atoms with E-state index in [0.717, 1.165) is 22.3 Å². The summed E-state index contributed by atoms with van der Waals surface area (Å²) < 4.78 is 13.3. The van der Waals surface area contributed by atoms with Gasteiger partial charge in [-0.2, -0.15) is 0 Å². The second-order valence-corrected chi connectivity index (χ2v) is 5.66. The molecule has 2 rings (SSSR count). The Kier molecular flexibility index (Phi) is 4.08. The minimum absolute atomic E-state index is 0.0215. The van der Waals surface area contributed by atoms with E-state index in [-0.39, 0.29) is 10.6 Å². The van der Waals surface area contributed by atoms with Crippen LogP contribution in [0.5, 0.6) is 0 Å². The Bertz CT molecular complexity index is 557. The van der Waals surface area contributed by atoms with Crippen LogP contribution in [0, 0.1) is 19.7 Å². The fourth-order valence-corrected chi connectivity index (χ4v) is 3.66. The molecule has 0 bridgehead atoms. The highest BCUT2D eigenvalue weighted by atomic mass is 79.9. The van der Waals surface area contributed by atoms with Crippen molar-refractivity contribution in [3.63, 3.8) is 0 Å². The van der Waals surface area contributed by atoms with Crippen LogP contribution in [-0.4, -0.2) is 0 Å². The summed E-state index contributed by atoms with van der Waals surface area (Å²) >= 11 is 9.87. The fraction of sp³-hybridized carbons (Fsp3) is 0.200. The Morgan fingerprint density at radius 3 is 2.22 bits per heavy atom. The van der Waals surface area contributed by atoms with Crippen LogP contribution in [0.3, 0.4) is 0 Å². The third-order valence-corrected chi connectivity index (χ3v) is 4.29. The van der Waals surface area contributed by atoms with Crippen molar-refractivity contribution in [3.05, 3.63) is 69.5 Å². The van der Waals surface area contributed by atoms with Crippen molar-refractivity contribution in [1.29, 1.82) is 0 Å².